The van der Waals surface area contributed by atoms with Crippen LogP contribution < -0.4 is 14.8 Å². The van der Waals surface area contributed by atoms with Gasteiger partial charge in [0.2, 0.25) is 0 Å². The van der Waals surface area contributed by atoms with Crippen molar-refractivity contribution < 1.29 is 14.3 Å². The number of aromatic nitrogens is 2. The molecule has 0 bridgehead atoms. The number of nitrogens with zero attached hydrogens (tertiary/aromatic N) is 2. The Balaban J connectivity index is 1.85. The van der Waals surface area contributed by atoms with Crippen LogP contribution in [0.2, 0.25) is 10.0 Å². The van der Waals surface area contributed by atoms with Crippen molar-refractivity contribution in [1.29, 1.82) is 0 Å². The van der Waals surface area contributed by atoms with Gasteiger partial charge in [-0.25, -0.2) is 9.97 Å². The number of hydrogen-bond acceptors (Lipinski definition) is 5. The molecule has 2 heterocycles. The lowest BCUT2D eigenvalue weighted by atomic mass is 10.0. The van der Waals surface area contributed by atoms with Crippen LogP contribution in [0.15, 0.2) is 60.8 Å². The van der Waals surface area contributed by atoms with Crippen molar-refractivity contribution in [2.24, 2.45) is 0 Å². The van der Waals surface area contributed by atoms with E-state index in [4.69, 9.17) is 37.7 Å². The molecule has 0 aliphatic rings. The van der Waals surface area contributed by atoms with Gasteiger partial charge in [0.05, 0.1) is 41.0 Å². The molecule has 31 heavy (non-hydrogen) atoms. The van der Waals surface area contributed by atoms with Crippen molar-refractivity contribution in [2.45, 2.75) is 0 Å². The van der Waals surface area contributed by atoms with Gasteiger partial charge in [0.15, 0.2) is 5.82 Å². The molecule has 8 heteroatoms. The standard InChI is InChI=1S/C23H17Cl2N3O3/c1-30-14-7-8-21(31-2)17(10-14)20-11-16(15-5-3-4-6-19(15)27-20)23(29)28-22-18(25)9-13(24)12-26-22/h3-12H,1-2H3,(H,26,28,29). The van der Waals surface area contributed by atoms with Gasteiger partial charge in [0, 0.05) is 17.1 Å². The third-order valence-electron chi connectivity index (χ3n) is 4.68. The number of amides is 1. The van der Waals surface area contributed by atoms with E-state index in [-0.39, 0.29) is 16.7 Å². The van der Waals surface area contributed by atoms with Crippen LogP contribution in [0.25, 0.3) is 22.2 Å². The summed E-state index contributed by atoms with van der Waals surface area (Å²) in [4.78, 5) is 22.0. The maximum absolute atomic E-state index is 13.2. The van der Waals surface area contributed by atoms with E-state index >= 15 is 0 Å². The molecule has 0 aliphatic carbocycles. The number of ether oxygens (including phenoxy) is 2. The van der Waals surface area contributed by atoms with Gasteiger partial charge in [-0.15, -0.1) is 0 Å². The van der Waals surface area contributed by atoms with Crippen LogP contribution in [0.3, 0.4) is 0 Å². The zero-order valence-corrected chi connectivity index (χ0v) is 18.2. The maximum Gasteiger partial charge on any atom is 0.257 e. The second-order valence-electron chi connectivity index (χ2n) is 6.58. The van der Waals surface area contributed by atoms with Crippen LogP contribution in [0, 0.1) is 0 Å². The highest BCUT2D eigenvalue weighted by Gasteiger charge is 2.18. The molecule has 2 aromatic heterocycles. The maximum atomic E-state index is 13.2. The first-order chi connectivity index (χ1) is 15.0. The lowest BCUT2D eigenvalue weighted by molar-refractivity contribution is 0.102. The van der Waals surface area contributed by atoms with Gasteiger partial charge in [-0.05, 0) is 36.4 Å². The number of pyridine rings is 2. The minimum atomic E-state index is -0.376. The summed E-state index contributed by atoms with van der Waals surface area (Å²) in [6.07, 6.45) is 1.42. The lowest BCUT2D eigenvalue weighted by Crippen LogP contribution is -2.14. The first-order valence-electron chi connectivity index (χ1n) is 9.24. The summed E-state index contributed by atoms with van der Waals surface area (Å²) in [7, 11) is 3.16. The molecule has 0 aliphatic heterocycles. The molecular formula is C23H17Cl2N3O3. The van der Waals surface area contributed by atoms with Crippen molar-refractivity contribution in [3.63, 3.8) is 0 Å². The normalized spacial score (nSPS) is 10.7. The summed E-state index contributed by atoms with van der Waals surface area (Å²) >= 11 is 12.1. The summed E-state index contributed by atoms with van der Waals surface area (Å²) in [5.74, 6) is 1.10. The number of para-hydroxylation sites is 1. The molecule has 1 amide bonds. The fourth-order valence-corrected chi connectivity index (χ4v) is 3.62. The number of hydrogen-bond donors (Lipinski definition) is 1. The Morgan fingerprint density at radius 3 is 2.55 bits per heavy atom. The van der Waals surface area contributed by atoms with Crippen molar-refractivity contribution in [1.82, 2.24) is 9.97 Å². The largest absolute Gasteiger partial charge is 0.497 e. The monoisotopic (exact) mass is 453 g/mol. The number of carbonyl (C=O) groups is 1. The van der Waals surface area contributed by atoms with Gasteiger partial charge in [-0.2, -0.15) is 0 Å². The number of halogens is 2. The molecule has 4 aromatic rings. The molecular weight excluding hydrogens is 437 g/mol. The average Bonchev–Trinajstić information content (AvgIpc) is 2.79. The van der Waals surface area contributed by atoms with Crippen molar-refractivity contribution in [3.8, 4) is 22.8 Å². The van der Waals surface area contributed by atoms with Crippen molar-refractivity contribution >= 4 is 45.8 Å². The molecule has 0 saturated heterocycles. The SMILES string of the molecule is COc1ccc(OC)c(-c2cc(C(=O)Nc3ncc(Cl)cc3Cl)c3ccccc3n2)c1. The summed E-state index contributed by atoms with van der Waals surface area (Å²) in [5.41, 5.74) is 2.34. The number of methoxy groups -OCH3 is 2. The minimum Gasteiger partial charge on any atom is -0.497 e. The lowest BCUT2D eigenvalue weighted by Gasteiger charge is -2.13. The quantitative estimate of drug-likeness (QED) is 0.408. The van der Waals surface area contributed by atoms with Crippen LogP contribution >= 0.6 is 23.2 Å². The smallest absolute Gasteiger partial charge is 0.257 e. The summed E-state index contributed by atoms with van der Waals surface area (Å²) in [5, 5.41) is 4.07. The Bertz CT molecular complexity index is 1290. The van der Waals surface area contributed by atoms with Gasteiger partial charge in [-0.1, -0.05) is 41.4 Å². The van der Waals surface area contributed by atoms with Gasteiger partial charge in [0.25, 0.3) is 5.91 Å². The Morgan fingerprint density at radius 2 is 1.81 bits per heavy atom. The van der Waals surface area contributed by atoms with Crippen molar-refractivity contribution in [3.05, 3.63) is 76.4 Å². The van der Waals surface area contributed by atoms with Crippen LogP contribution in [0.1, 0.15) is 10.4 Å². The second-order valence-corrected chi connectivity index (χ2v) is 7.42. The highest BCUT2D eigenvalue weighted by Crippen LogP contribution is 2.34. The third-order valence-corrected chi connectivity index (χ3v) is 5.18. The Kier molecular flexibility index (Phi) is 5.93. The molecule has 2 aromatic carbocycles. The average molecular weight is 454 g/mol. The number of carbonyl (C=O) groups excluding carboxylic acids is 1. The van der Waals surface area contributed by atoms with E-state index in [2.05, 4.69) is 10.3 Å². The number of benzene rings is 2. The van der Waals surface area contributed by atoms with Crippen LogP contribution in [0.5, 0.6) is 11.5 Å². The molecule has 4 rings (SSSR count). The van der Waals surface area contributed by atoms with Gasteiger partial charge in [-0.3, -0.25) is 4.79 Å². The molecule has 0 unspecified atom stereocenters. The van der Waals surface area contributed by atoms with E-state index in [9.17, 15) is 4.79 Å². The predicted molar refractivity (Wildman–Crippen MR) is 122 cm³/mol. The van der Waals surface area contributed by atoms with Crippen LogP contribution in [-0.4, -0.2) is 30.1 Å². The molecule has 0 fully saturated rings. The van der Waals surface area contributed by atoms with Gasteiger partial charge in [0.1, 0.15) is 11.5 Å². The molecule has 156 valence electrons. The summed E-state index contributed by atoms with van der Waals surface area (Å²) in [6.45, 7) is 0. The minimum absolute atomic E-state index is 0.220. The fourth-order valence-electron chi connectivity index (χ4n) is 3.20. The highest BCUT2D eigenvalue weighted by molar-refractivity contribution is 6.36. The van der Waals surface area contributed by atoms with Crippen LogP contribution in [-0.2, 0) is 0 Å². The van der Waals surface area contributed by atoms with E-state index in [0.717, 1.165) is 0 Å². The second kappa shape index (κ2) is 8.79. The zero-order valence-electron chi connectivity index (χ0n) is 16.6. The molecule has 0 saturated carbocycles. The molecule has 1 N–H and O–H groups in total. The van der Waals surface area contributed by atoms with Gasteiger partial charge >= 0.3 is 0 Å². The fraction of sp³-hybridized carbons (Fsp3) is 0.0870. The van der Waals surface area contributed by atoms with Crippen LogP contribution in [0.4, 0.5) is 5.82 Å². The number of fused-ring (bicyclic) bond motifs is 1. The zero-order chi connectivity index (χ0) is 22.0. The van der Waals surface area contributed by atoms with E-state index in [1.54, 1.807) is 32.4 Å². The summed E-state index contributed by atoms with van der Waals surface area (Å²) in [6, 6.07) is 16.0. The first kappa shape index (κ1) is 20.9. The number of rotatable bonds is 5. The predicted octanol–water partition coefficient (Wildman–Crippen LogP) is 5.87. The molecule has 0 atom stereocenters. The molecule has 6 nitrogen and oxygen atoms in total. The molecule has 0 spiro atoms. The Hall–Kier alpha value is -3.35. The Morgan fingerprint density at radius 1 is 1.00 bits per heavy atom. The van der Waals surface area contributed by atoms with E-state index in [1.165, 1.54) is 12.3 Å². The van der Waals surface area contributed by atoms with Gasteiger partial charge < -0.3 is 14.8 Å². The third kappa shape index (κ3) is 4.26. The number of anilines is 1. The van der Waals surface area contributed by atoms with E-state index in [0.29, 0.717) is 44.2 Å². The summed E-state index contributed by atoms with van der Waals surface area (Å²) < 4.78 is 10.8. The Labute approximate surface area is 188 Å². The van der Waals surface area contributed by atoms with Crippen molar-refractivity contribution in [2.75, 3.05) is 19.5 Å². The molecule has 0 radical (unpaired) electrons. The highest BCUT2D eigenvalue weighted by atomic mass is 35.5. The van der Waals surface area contributed by atoms with E-state index < -0.39 is 0 Å². The first-order valence-corrected chi connectivity index (χ1v) is 10.0. The number of nitrogens with one attached hydrogen (secondary N) is 1. The van der Waals surface area contributed by atoms with E-state index in [1.807, 2.05) is 30.3 Å². The topological polar surface area (TPSA) is 73.3 Å².